The summed E-state index contributed by atoms with van der Waals surface area (Å²) in [6, 6.07) is 3.75. The van der Waals surface area contributed by atoms with Crippen LogP contribution in [0.3, 0.4) is 0 Å². The zero-order valence-electron chi connectivity index (χ0n) is 13.6. The molecule has 0 amide bonds. The number of carbonyl (C=O) groups is 1. The summed E-state index contributed by atoms with van der Waals surface area (Å²) < 4.78 is 1.98. The Labute approximate surface area is 135 Å². The molecule has 23 heavy (non-hydrogen) atoms. The van der Waals surface area contributed by atoms with Crippen molar-refractivity contribution in [1.82, 2.24) is 19.7 Å². The molecule has 122 valence electrons. The molecule has 7 heteroatoms. The van der Waals surface area contributed by atoms with Crippen LogP contribution in [0.25, 0.3) is 0 Å². The van der Waals surface area contributed by atoms with Crippen LogP contribution < -0.4 is 4.90 Å². The van der Waals surface area contributed by atoms with Crippen LogP contribution in [-0.2, 0) is 17.9 Å². The van der Waals surface area contributed by atoms with Crippen molar-refractivity contribution >= 4 is 11.8 Å². The maximum Gasteiger partial charge on any atom is 0.314 e. The minimum Gasteiger partial charge on any atom is -0.481 e. The number of carboxylic acid groups (broad SMARTS) is 1. The normalized spacial score (nSPS) is 17.4. The van der Waals surface area contributed by atoms with Crippen LogP contribution in [0.1, 0.15) is 36.8 Å². The van der Waals surface area contributed by atoms with Gasteiger partial charge in [-0.05, 0) is 25.0 Å². The fraction of sp³-hybridized carbons (Fsp3) is 0.500. The van der Waals surface area contributed by atoms with Crippen LogP contribution in [0.2, 0.25) is 0 Å². The summed E-state index contributed by atoms with van der Waals surface area (Å²) in [6.45, 7) is 7.80. The van der Waals surface area contributed by atoms with Crippen LogP contribution in [0.5, 0.6) is 0 Å². The third-order valence-corrected chi connectivity index (χ3v) is 4.00. The van der Waals surface area contributed by atoms with Gasteiger partial charge in [0.15, 0.2) is 5.82 Å². The summed E-state index contributed by atoms with van der Waals surface area (Å²) >= 11 is 0. The standard InChI is InChI=1S/C16H21N5O2/c1-10(2)6-21-9-17-13-8-20(7-12(15(13)21)16(22)23)14-5-4-11(3)18-19-14/h4-5,9-10,12H,6-8H2,1-3H3,(H,22,23)/t12-/m1/s1. The average molecular weight is 315 g/mol. The van der Waals surface area contributed by atoms with Crippen LogP contribution in [0.15, 0.2) is 18.5 Å². The second-order valence-electron chi connectivity index (χ2n) is 6.43. The first-order valence-electron chi connectivity index (χ1n) is 7.77. The number of aromatic nitrogens is 4. The molecule has 0 spiro atoms. The highest BCUT2D eigenvalue weighted by Crippen LogP contribution is 2.30. The second-order valence-corrected chi connectivity index (χ2v) is 6.43. The number of anilines is 1. The summed E-state index contributed by atoms with van der Waals surface area (Å²) in [5, 5.41) is 17.9. The Balaban J connectivity index is 1.95. The van der Waals surface area contributed by atoms with E-state index >= 15 is 0 Å². The van der Waals surface area contributed by atoms with Crippen LogP contribution in [-0.4, -0.2) is 37.4 Å². The van der Waals surface area contributed by atoms with E-state index in [4.69, 9.17) is 0 Å². The number of imidazole rings is 1. The molecule has 0 saturated heterocycles. The molecule has 3 rings (SSSR count). The van der Waals surface area contributed by atoms with Gasteiger partial charge >= 0.3 is 5.97 Å². The third-order valence-electron chi connectivity index (χ3n) is 4.00. The molecule has 0 radical (unpaired) electrons. The maximum absolute atomic E-state index is 11.8. The molecule has 3 heterocycles. The maximum atomic E-state index is 11.8. The Morgan fingerprint density at radius 3 is 2.78 bits per heavy atom. The minimum atomic E-state index is -0.832. The Morgan fingerprint density at radius 2 is 2.17 bits per heavy atom. The molecule has 1 N–H and O–H groups in total. The number of aryl methyl sites for hydroxylation is 1. The van der Waals surface area contributed by atoms with Gasteiger partial charge in [-0.3, -0.25) is 4.79 Å². The molecule has 0 fully saturated rings. The molecule has 1 aliphatic rings. The van der Waals surface area contributed by atoms with E-state index in [1.165, 1.54) is 0 Å². The number of fused-ring (bicyclic) bond motifs is 1. The van der Waals surface area contributed by atoms with Crippen molar-refractivity contribution in [2.24, 2.45) is 5.92 Å². The van der Waals surface area contributed by atoms with Gasteiger partial charge in [0.25, 0.3) is 0 Å². The highest BCUT2D eigenvalue weighted by atomic mass is 16.4. The predicted octanol–water partition coefficient (Wildman–Crippen LogP) is 1.83. The van der Waals surface area contributed by atoms with Crippen molar-refractivity contribution in [3.05, 3.63) is 35.5 Å². The number of nitrogens with zero attached hydrogens (tertiary/aromatic N) is 5. The molecule has 0 aliphatic carbocycles. The topological polar surface area (TPSA) is 84.1 Å². The Hall–Kier alpha value is -2.44. The monoisotopic (exact) mass is 315 g/mol. The van der Waals surface area contributed by atoms with Gasteiger partial charge in [-0.25, -0.2) is 4.98 Å². The smallest absolute Gasteiger partial charge is 0.314 e. The molecule has 1 atom stereocenters. The molecule has 1 aliphatic heterocycles. The van der Waals surface area contributed by atoms with Crippen molar-refractivity contribution in [2.45, 2.75) is 39.8 Å². The van der Waals surface area contributed by atoms with E-state index in [-0.39, 0.29) is 0 Å². The van der Waals surface area contributed by atoms with Crippen molar-refractivity contribution in [2.75, 3.05) is 11.4 Å². The predicted molar refractivity (Wildman–Crippen MR) is 85.3 cm³/mol. The van der Waals surface area contributed by atoms with Crippen LogP contribution >= 0.6 is 0 Å². The number of rotatable bonds is 4. The molecule has 7 nitrogen and oxygen atoms in total. The van der Waals surface area contributed by atoms with Crippen molar-refractivity contribution in [3.63, 3.8) is 0 Å². The zero-order valence-corrected chi connectivity index (χ0v) is 13.6. The van der Waals surface area contributed by atoms with E-state index in [1.807, 2.05) is 28.5 Å². The highest BCUT2D eigenvalue weighted by molar-refractivity contribution is 5.77. The lowest BCUT2D eigenvalue weighted by Crippen LogP contribution is -2.38. The minimum absolute atomic E-state index is 0.379. The van der Waals surface area contributed by atoms with E-state index in [0.29, 0.717) is 24.8 Å². The molecule has 0 saturated carbocycles. The number of aliphatic carboxylic acids is 1. The van der Waals surface area contributed by atoms with E-state index in [0.717, 1.165) is 23.6 Å². The SMILES string of the molecule is Cc1ccc(N2Cc3ncn(CC(C)C)c3[C@H](C(=O)O)C2)nn1. The van der Waals surface area contributed by atoms with E-state index in [1.54, 1.807) is 6.33 Å². The summed E-state index contributed by atoms with van der Waals surface area (Å²) in [6.07, 6.45) is 1.75. The van der Waals surface area contributed by atoms with Gasteiger partial charge in [-0.2, -0.15) is 5.10 Å². The van der Waals surface area contributed by atoms with Crippen LogP contribution in [0.4, 0.5) is 5.82 Å². The van der Waals surface area contributed by atoms with Gasteiger partial charge in [-0.15, -0.1) is 5.10 Å². The Kier molecular flexibility index (Phi) is 4.02. The fourth-order valence-electron chi connectivity index (χ4n) is 2.98. The fourth-order valence-corrected chi connectivity index (χ4v) is 2.98. The molecule has 2 aromatic heterocycles. The van der Waals surface area contributed by atoms with Gasteiger partial charge in [0, 0.05) is 13.1 Å². The van der Waals surface area contributed by atoms with Crippen molar-refractivity contribution < 1.29 is 9.90 Å². The van der Waals surface area contributed by atoms with Gasteiger partial charge < -0.3 is 14.6 Å². The Morgan fingerprint density at radius 1 is 1.39 bits per heavy atom. The number of hydrogen-bond acceptors (Lipinski definition) is 5. The van der Waals surface area contributed by atoms with E-state index in [2.05, 4.69) is 29.0 Å². The van der Waals surface area contributed by atoms with E-state index < -0.39 is 11.9 Å². The van der Waals surface area contributed by atoms with Crippen molar-refractivity contribution in [1.29, 1.82) is 0 Å². The highest BCUT2D eigenvalue weighted by Gasteiger charge is 2.35. The van der Waals surface area contributed by atoms with Gasteiger partial charge in [0.2, 0.25) is 0 Å². The first-order chi connectivity index (χ1) is 11.0. The zero-order chi connectivity index (χ0) is 16.6. The van der Waals surface area contributed by atoms with Gasteiger partial charge in [0.05, 0.1) is 30.0 Å². The lowest BCUT2D eigenvalue weighted by Gasteiger charge is -2.32. The molecular weight excluding hydrogens is 294 g/mol. The van der Waals surface area contributed by atoms with Gasteiger partial charge in [-0.1, -0.05) is 13.8 Å². The first-order valence-corrected chi connectivity index (χ1v) is 7.77. The number of hydrogen-bond donors (Lipinski definition) is 1. The lowest BCUT2D eigenvalue weighted by atomic mass is 9.98. The quantitative estimate of drug-likeness (QED) is 0.926. The molecule has 0 bridgehead atoms. The molecular formula is C16H21N5O2. The van der Waals surface area contributed by atoms with Crippen molar-refractivity contribution in [3.8, 4) is 0 Å². The molecule has 0 aromatic carbocycles. The lowest BCUT2D eigenvalue weighted by molar-refractivity contribution is -0.138. The largest absolute Gasteiger partial charge is 0.481 e. The molecule has 0 unspecified atom stereocenters. The average Bonchev–Trinajstić information content (AvgIpc) is 2.89. The summed E-state index contributed by atoms with van der Waals surface area (Å²) in [7, 11) is 0. The number of carboxylic acids is 1. The Bertz CT molecular complexity index is 708. The summed E-state index contributed by atoms with van der Waals surface area (Å²) in [5.74, 6) is -0.320. The summed E-state index contributed by atoms with van der Waals surface area (Å²) in [4.78, 5) is 18.2. The summed E-state index contributed by atoms with van der Waals surface area (Å²) in [5.41, 5.74) is 2.47. The van der Waals surface area contributed by atoms with Crippen LogP contribution in [0, 0.1) is 12.8 Å². The molecule has 2 aromatic rings. The third kappa shape index (κ3) is 3.04. The second kappa shape index (κ2) is 5.98. The first kappa shape index (κ1) is 15.5. The van der Waals surface area contributed by atoms with Gasteiger partial charge in [0.1, 0.15) is 5.92 Å². The van der Waals surface area contributed by atoms with E-state index in [9.17, 15) is 9.90 Å².